The fourth-order valence-electron chi connectivity index (χ4n) is 0.883. The summed E-state index contributed by atoms with van der Waals surface area (Å²) in [6.45, 7) is 0. The number of aryl methyl sites for hydroxylation is 1. The first-order valence-electron chi connectivity index (χ1n) is 3.02. The summed E-state index contributed by atoms with van der Waals surface area (Å²) in [6, 6.07) is 1.85. The van der Waals surface area contributed by atoms with Crippen molar-refractivity contribution in [2.75, 3.05) is 0 Å². The predicted molar refractivity (Wildman–Crippen MR) is 34.2 cm³/mol. The van der Waals surface area contributed by atoms with Crippen LogP contribution in [0.25, 0.3) is 5.78 Å². The fraction of sp³-hybridized carbons (Fsp3) is 0.167. The third-order valence-electron chi connectivity index (χ3n) is 1.37. The lowest BCUT2D eigenvalue weighted by atomic mass is 10.7. The van der Waals surface area contributed by atoms with Crippen molar-refractivity contribution in [3.63, 3.8) is 0 Å². The van der Waals surface area contributed by atoms with Gasteiger partial charge in [0.25, 0.3) is 0 Å². The quantitative estimate of drug-likeness (QED) is 0.459. The van der Waals surface area contributed by atoms with Gasteiger partial charge in [-0.15, -0.1) is 4.98 Å². The molecular formula is C6H7N4+. The third kappa shape index (κ3) is 0.586. The van der Waals surface area contributed by atoms with Crippen molar-refractivity contribution in [1.82, 2.24) is 14.6 Å². The maximum atomic E-state index is 4.10. The lowest BCUT2D eigenvalue weighted by Crippen LogP contribution is -2.26. The fourth-order valence-corrected chi connectivity index (χ4v) is 0.883. The smallest absolute Gasteiger partial charge is 0.227 e. The summed E-state index contributed by atoms with van der Waals surface area (Å²) in [5.41, 5.74) is 0. The molecule has 2 heterocycles. The van der Waals surface area contributed by atoms with Gasteiger partial charge < -0.3 is 0 Å². The number of aromatic nitrogens is 4. The number of rotatable bonds is 0. The van der Waals surface area contributed by atoms with E-state index in [-0.39, 0.29) is 0 Å². The summed E-state index contributed by atoms with van der Waals surface area (Å²) >= 11 is 0. The molecule has 0 atom stereocenters. The van der Waals surface area contributed by atoms with Crippen LogP contribution in [0, 0.1) is 0 Å². The molecule has 0 saturated heterocycles. The molecule has 0 fully saturated rings. The van der Waals surface area contributed by atoms with Gasteiger partial charge in [-0.1, -0.05) is 4.52 Å². The highest BCUT2D eigenvalue weighted by Gasteiger charge is 2.04. The molecule has 0 aromatic carbocycles. The van der Waals surface area contributed by atoms with Crippen molar-refractivity contribution in [3.8, 4) is 0 Å². The lowest BCUT2D eigenvalue weighted by molar-refractivity contribution is -0.648. The Morgan fingerprint density at radius 2 is 2.50 bits per heavy atom. The molecule has 0 aliphatic heterocycles. The van der Waals surface area contributed by atoms with Crippen molar-refractivity contribution in [2.24, 2.45) is 7.05 Å². The Labute approximate surface area is 57.8 Å². The average molecular weight is 135 g/mol. The highest BCUT2D eigenvalue weighted by atomic mass is 15.3. The minimum atomic E-state index is 0.850. The second kappa shape index (κ2) is 1.76. The number of hydrogen-bond acceptors (Lipinski definition) is 2. The van der Waals surface area contributed by atoms with Crippen LogP contribution in [-0.4, -0.2) is 14.6 Å². The van der Waals surface area contributed by atoms with Crippen LogP contribution in [-0.2, 0) is 7.05 Å². The Bertz CT molecular complexity index is 351. The van der Waals surface area contributed by atoms with Gasteiger partial charge in [0.05, 0.1) is 19.4 Å². The highest BCUT2D eigenvalue weighted by Crippen LogP contribution is 1.85. The van der Waals surface area contributed by atoms with Crippen LogP contribution >= 0.6 is 0 Å². The SMILES string of the molecule is C[n+]1cnn2cccnc21. The molecule has 0 radical (unpaired) electrons. The topological polar surface area (TPSA) is 34.1 Å². The molecule has 2 aromatic heterocycles. The minimum absolute atomic E-state index is 0.850. The molecule has 10 heavy (non-hydrogen) atoms. The van der Waals surface area contributed by atoms with E-state index in [1.807, 2.05) is 23.9 Å². The molecule has 0 aliphatic carbocycles. The van der Waals surface area contributed by atoms with Crippen LogP contribution in [0.2, 0.25) is 0 Å². The first kappa shape index (κ1) is 5.34. The Balaban J connectivity index is 2.93. The number of hydrogen-bond donors (Lipinski definition) is 0. The number of nitrogens with zero attached hydrogens (tertiary/aromatic N) is 4. The maximum absolute atomic E-state index is 4.10. The monoisotopic (exact) mass is 135 g/mol. The molecule has 0 amide bonds. The van der Waals surface area contributed by atoms with Crippen LogP contribution < -0.4 is 4.57 Å². The van der Waals surface area contributed by atoms with Crippen LogP contribution in [0.1, 0.15) is 0 Å². The summed E-state index contributed by atoms with van der Waals surface area (Å²) in [5.74, 6) is 0.850. The van der Waals surface area contributed by atoms with Crippen LogP contribution in [0.15, 0.2) is 24.8 Å². The summed E-state index contributed by atoms with van der Waals surface area (Å²) in [4.78, 5) is 4.10. The van der Waals surface area contributed by atoms with Crippen molar-refractivity contribution in [1.29, 1.82) is 0 Å². The molecule has 4 nitrogen and oxygen atoms in total. The van der Waals surface area contributed by atoms with Crippen molar-refractivity contribution in [2.45, 2.75) is 0 Å². The zero-order valence-electron chi connectivity index (χ0n) is 5.60. The predicted octanol–water partition coefficient (Wildman–Crippen LogP) is -0.446. The molecule has 0 aliphatic rings. The maximum Gasteiger partial charge on any atom is 0.386 e. The Hall–Kier alpha value is -1.45. The zero-order valence-corrected chi connectivity index (χ0v) is 5.60. The molecule has 0 spiro atoms. The summed E-state index contributed by atoms with van der Waals surface area (Å²) in [5, 5.41) is 4.04. The molecule has 2 rings (SSSR count). The molecular weight excluding hydrogens is 128 g/mol. The van der Waals surface area contributed by atoms with Gasteiger partial charge in [0.15, 0.2) is 0 Å². The van der Waals surface area contributed by atoms with E-state index in [0.29, 0.717) is 0 Å². The summed E-state index contributed by atoms with van der Waals surface area (Å²) < 4.78 is 3.58. The van der Waals surface area contributed by atoms with Gasteiger partial charge in [-0.25, -0.2) is 4.57 Å². The van der Waals surface area contributed by atoms with Crippen molar-refractivity contribution >= 4 is 5.78 Å². The highest BCUT2D eigenvalue weighted by molar-refractivity contribution is 5.14. The summed E-state index contributed by atoms with van der Waals surface area (Å²) in [7, 11) is 1.91. The van der Waals surface area contributed by atoms with Crippen molar-refractivity contribution < 1.29 is 4.57 Å². The van der Waals surface area contributed by atoms with Gasteiger partial charge in [-0.3, -0.25) is 0 Å². The minimum Gasteiger partial charge on any atom is -0.227 e. The number of fused-ring (bicyclic) bond motifs is 1. The van der Waals surface area contributed by atoms with Gasteiger partial charge in [-0.05, 0) is 11.2 Å². The van der Waals surface area contributed by atoms with E-state index in [1.54, 1.807) is 17.0 Å². The molecule has 2 aromatic rings. The second-order valence-electron chi connectivity index (χ2n) is 2.11. The Morgan fingerprint density at radius 3 is 3.30 bits per heavy atom. The molecule has 0 bridgehead atoms. The average Bonchev–Trinajstić information content (AvgIpc) is 2.34. The zero-order chi connectivity index (χ0) is 6.97. The van der Waals surface area contributed by atoms with Gasteiger partial charge in [0.2, 0.25) is 6.33 Å². The van der Waals surface area contributed by atoms with Gasteiger partial charge in [-0.2, -0.15) is 0 Å². The first-order chi connectivity index (χ1) is 4.88. The lowest BCUT2D eigenvalue weighted by Gasteiger charge is -1.80. The second-order valence-corrected chi connectivity index (χ2v) is 2.11. The van der Waals surface area contributed by atoms with E-state index in [1.165, 1.54) is 0 Å². The molecule has 4 heteroatoms. The van der Waals surface area contributed by atoms with E-state index >= 15 is 0 Å². The van der Waals surface area contributed by atoms with E-state index in [9.17, 15) is 0 Å². The van der Waals surface area contributed by atoms with Gasteiger partial charge in [0, 0.05) is 0 Å². The standard InChI is InChI=1S/C6H7N4/c1-9-5-8-10-4-2-3-7-6(9)10/h2-5H,1H3/q+1. The van der Waals surface area contributed by atoms with Gasteiger partial charge in [0.1, 0.15) is 0 Å². The normalized spacial score (nSPS) is 10.5. The van der Waals surface area contributed by atoms with Crippen LogP contribution in [0.5, 0.6) is 0 Å². The van der Waals surface area contributed by atoms with Gasteiger partial charge >= 0.3 is 5.78 Å². The van der Waals surface area contributed by atoms with E-state index < -0.39 is 0 Å². The van der Waals surface area contributed by atoms with E-state index in [0.717, 1.165) is 5.78 Å². The van der Waals surface area contributed by atoms with E-state index in [4.69, 9.17) is 0 Å². The molecule has 0 unspecified atom stereocenters. The largest absolute Gasteiger partial charge is 0.386 e. The molecule has 0 N–H and O–H groups in total. The third-order valence-corrected chi connectivity index (χ3v) is 1.37. The molecule has 50 valence electrons. The first-order valence-corrected chi connectivity index (χ1v) is 3.02. The summed E-state index contributed by atoms with van der Waals surface area (Å²) in [6.07, 6.45) is 5.34. The van der Waals surface area contributed by atoms with Crippen LogP contribution in [0.4, 0.5) is 0 Å². The van der Waals surface area contributed by atoms with Crippen molar-refractivity contribution in [3.05, 3.63) is 24.8 Å². The van der Waals surface area contributed by atoms with Crippen LogP contribution in [0.3, 0.4) is 0 Å². The molecule has 0 saturated carbocycles. The Kier molecular flexibility index (Phi) is 0.943. The Morgan fingerprint density at radius 1 is 1.60 bits per heavy atom. The van der Waals surface area contributed by atoms with E-state index in [2.05, 4.69) is 10.1 Å².